The SMILES string of the molecule is O=c1cc(CCc2ccc(F)c(F)c2)nc2cc[nH]n12. The molecule has 0 aliphatic heterocycles. The van der Waals surface area contributed by atoms with E-state index in [0.717, 1.165) is 12.1 Å². The van der Waals surface area contributed by atoms with Gasteiger partial charge in [0.2, 0.25) is 0 Å². The van der Waals surface area contributed by atoms with Gasteiger partial charge in [0.05, 0.1) is 0 Å². The van der Waals surface area contributed by atoms with Gasteiger partial charge in [0.1, 0.15) is 0 Å². The van der Waals surface area contributed by atoms with Gasteiger partial charge in [-0.05, 0) is 30.5 Å². The standard InChI is InChI=1S/C14H11F2N3O/c15-11-4-2-9(7-12(11)16)1-3-10-8-14(20)19-13(18-10)5-6-17-19/h2,4-8,17H,1,3H2. The molecule has 0 amide bonds. The quantitative estimate of drug-likeness (QED) is 0.795. The van der Waals surface area contributed by atoms with Crippen LogP contribution >= 0.6 is 0 Å². The smallest absolute Gasteiger partial charge is 0.272 e. The van der Waals surface area contributed by atoms with Crippen LogP contribution in [-0.4, -0.2) is 14.6 Å². The summed E-state index contributed by atoms with van der Waals surface area (Å²) >= 11 is 0. The van der Waals surface area contributed by atoms with E-state index in [2.05, 4.69) is 10.1 Å². The first-order valence-corrected chi connectivity index (χ1v) is 6.13. The van der Waals surface area contributed by atoms with Crippen LogP contribution in [0.25, 0.3) is 5.65 Å². The lowest BCUT2D eigenvalue weighted by atomic mass is 10.1. The highest BCUT2D eigenvalue weighted by Gasteiger charge is 2.06. The monoisotopic (exact) mass is 275 g/mol. The maximum Gasteiger partial charge on any atom is 0.272 e. The third-order valence-corrected chi connectivity index (χ3v) is 3.09. The van der Waals surface area contributed by atoms with Crippen molar-refractivity contribution in [2.45, 2.75) is 12.8 Å². The number of H-pyrrole nitrogens is 1. The Kier molecular flexibility index (Phi) is 3.06. The summed E-state index contributed by atoms with van der Waals surface area (Å²) in [6, 6.07) is 6.92. The van der Waals surface area contributed by atoms with Crippen molar-refractivity contribution < 1.29 is 8.78 Å². The average Bonchev–Trinajstić information content (AvgIpc) is 2.89. The summed E-state index contributed by atoms with van der Waals surface area (Å²) in [5.41, 5.74) is 1.64. The van der Waals surface area contributed by atoms with Crippen molar-refractivity contribution in [1.82, 2.24) is 14.6 Å². The Balaban J connectivity index is 1.82. The van der Waals surface area contributed by atoms with Crippen LogP contribution in [0.3, 0.4) is 0 Å². The van der Waals surface area contributed by atoms with Crippen LogP contribution in [0.15, 0.2) is 41.3 Å². The lowest BCUT2D eigenvalue weighted by Gasteiger charge is -2.03. The molecule has 0 spiro atoms. The van der Waals surface area contributed by atoms with Gasteiger partial charge in [-0.2, -0.15) is 0 Å². The molecule has 0 aliphatic rings. The molecule has 1 N–H and O–H groups in total. The molecule has 4 nitrogen and oxygen atoms in total. The highest BCUT2D eigenvalue weighted by molar-refractivity contribution is 5.36. The number of benzene rings is 1. The van der Waals surface area contributed by atoms with Crippen molar-refractivity contribution in [3.8, 4) is 0 Å². The first kappa shape index (κ1) is 12.5. The van der Waals surface area contributed by atoms with Crippen molar-refractivity contribution in [2.75, 3.05) is 0 Å². The molecular weight excluding hydrogens is 264 g/mol. The van der Waals surface area contributed by atoms with E-state index in [1.165, 1.54) is 16.6 Å². The fraction of sp³-hybridized carbons (Fsp3) is 0.143. The second-order valence-electron chi connectivity index (χ2n) is 4.49. The molecule has 0 radical (unpaired) electrons. The van der Waals surface area contributed by atoms with E-state index in [0.29, 0.717) is 29.7 Å². The van der Waals surface area contributed by atoms with Crippen molar-refractivity contribution >= 4 is 5.65 Å². The summed E-state index contributed by atoms with van der Waals surface area (Å²) in [6.45, 7) is 0. The molecule has 0 saturated heterocycles. The number of aryl methyl sites for hydroxylation is 2. The lowest BCUT2D eigenvalue weighted by molar-refractivity contribution is 0.507. The number of nitrogens with zero attached hydrogens (tertiary/aromatic N) is 2. The number of aromatic amines is 1. The predicted molar refractivity (Wildman–Crippen MR) is 69.6 cm³/mol. The van der Waals surface area contributed by atoms with Crippen LogP contribution in [0.5, 0.6) is 0 Å². The minimum Gasteiger partial charge on any atom is -0.297 e. The van der Waals surface area contributed by atoms with Crippen molar-refractivity contribution in [2.24, 2.45) is 0 Å². The molecule has 6 heteroatoms. The molecule has 3 aromatic rings. The number of fused-ring (bicyclic) bond motifs is 1. The number of halogens is 2. The maximum atomic E-state index is 13.1. The van der Waals surface area contributed by atoms with E-state index >= 15 is 0 Å². The molecule has 102 valence electrons. The Morgan fingerprint density at radius 3 is 2.75 bits per heavy atom. The predicted octanol–water partition coefficient (Wildman–Crippen LogP) is 2.09. The lowest BCUT2D eigenvalue weighted by Crippen LogP contribution is -2.15. The molecule has 0 bridgehead atoms. The van der Waals surface area contributed by atoms with Crippen LogP contribution < -0.4 is 5.56 Å². The number of nitrogens with one attached hydrogen (secondary N) is 1. The minimum atomic E-state index is -0.864. The minimum absolute atomic E-state index is 0.194. The molecule has 2 heterocycles. The highest BCUT2D eigenvalue weighted by atomic mass is 19.2. The summed E-state index contributed by atoms with van der Waals surface area (Å²) in [5, 5.41) is 2.75. The zero-order valence-electron chi connectivity index (χ0n) is 10.4. The molecule has 0 atom stereocenters. The number of hydrogen-bond acceptors (Lipinski definition) is 2. The summed E-state index contributed by atoms with van der Waals surface area (Å²) < 4.78 is 27.2. The number of hydrogen-bond donors (Lipinski definition) is 1. The van der Waals surface area contributed by atoms with Gasteiger partial charge in [-0.3, -0.25) is 9.89 Å². The molecule has 0 saturated carbocycles. The van der Waals surface area contributed by atoms with Gasteiger partial charge >= 0.3 is 0 Å². The Bertz CT molecular complexity index is 823. The Morgan fingerprint density at radius 1 is 1.10 bits per heavy atom. The molecule has 3 rings (SSSR count). The second-order valence-corrected chi connectivity index (χ2v) is 4.49. The zero-order chi connectivity index (χ0) is 14.1. The zero-order valence-corrected chi connectivity index (χ0v) is 10.4. The Hall–Kier alpha value is -2.50. The topological polar surface area (TPSA) is 50.2 Å². The maximum absolute atomic E-state index is 13.1. The van der Waals surface area contributed by atoms with E-state index in [-0.39, 0.29) is 5.56 Å². The number of rotatable bonds is 3. The molecule has 1 aromatic carbocycles. The first-order valence-electron chi connectivity index (χ1n) is 6.13. The molecule has 0 aliphatic carbocycles. The van der Waals surface area contributed by atoms with Crippen LogP contribution in [0.2, 0.25) is 0 Å². The van der Waals surface area contributed by atoms with Gasteiger partial charge in [-0.1, -0.05) is 6.07 Å². The van der Waals surface area contributed by atoms with E-state index in [9.17, 15) is 13.6 Å². The second kappa shape index (κ2) is 4.88. The summed E-state index contributed by atoms with van der Waals surface area (Å²) in [4.78, 5) is 16.1. The Morgan fingerprint density at radius 2 is 1.95 bits per heavy atom. The average molecular weight is 275 g/mol. The van der Waals surface area contributed by atoms with E-state index < -0.39 is 11.6 Å². The summed E-state index contributed by atoms with van der Waals surface area (Å²) in [6.07, 6.45) is 2.61. The van der Waals surface area contributed by atoms with Crippen molar-refractivity contribution in [3.05, 3.63) is 69.8 Å². The van der Waals surface area contributed by atoms with Crippen LogP contribution in [0.1, 0.15) is 11.3 Å². The molecule has 20 heavy (non-hydrogen) atoms. The van der Waals surface area contributed by atoms with Gasteiger partial charge in [-0.15, -0.1) is 0 Å². The van der Waals surface area contributed by atoms with Gasteiger partial charge in [0.15, 0.2) is 17.3 Å². The van der Waals surface area contributed by atoms with Crippen LogP contribution in [-0.2, 0) is 12.8 Å². The normalized spacial score (nSPS) is 11.1. The van der Waals surface area contributed by atoms with Gasteiger partial charge < -0.3 is 0 Å². The van der Waals surface area contributed by atoms with Gasteiger partial charge in [-0.25, -0.2) is 18.3 Å². The van der Waals surface area contributed by atoms with E-state index in [1.807, 2.05) is 0 Å². The molecule has 2 aromatic heterocycles. The molecular formula is C14H11F2N3O. The highest BCUT2D eigenvalue weighted by Crippen LogP contribution is 2.11. The fourth-order valence-corrected chi connectivity index (χ4v) is 2.07. The van der Waals surface area contributed by atoms with E-state index in [4.69, 9.17) is 0 Å². The summed E-state index contributed by atoms with van der Waals surface area (Å²) in [5.74, 6) is -1.73. The third kappa shape index (κ3) is 2.32. The summed E-state index contributed by atoms with van der Waals surface area (Å²) in [7, 11) is 0. The first-order chi connectivity index (χ1) is 9.63. The third-order valence-electron chi connectivity index (χ3n) is 3.09. The number of aromatic nitrogens is 3. The van der Waals surface area contributed by atoms with Crippen LogP contribution in [0.4, 0.5) is 8.78 Å². The molecule has 0 unspecified atom stereocenters. The fourth-order valence-electron chi connectivity index (χ4n) is 2.07. The largest absolute Gasteiger partial charge is 0.297 e. The molecule has 0 fully saturated rings. The Labute approximate surface area is 112 Å². The van der Waals surface area contributed by atoms with Crippen molar-refractivity contribution in [1.29, 1.82) is 0 Å². The van der Waals surface area contributed by atoms with E-state index in [1.54, 1.807) is 12.3 Å². The van der Waals surface area contributed by atoms with Crippen molar-refractivity contribution in [3.63, 3.8) is 0 Å². The van der Waals surface area contributed by atoms with Gasteiger partial charge in [0, 0.05) is 24.0 Å². The van der Waals surface area contributed by atoms with Gasteiger partial charge in [0.25, 0.3) is 5.56 Å². The van der Waals surface area contributed by atoms with Crippen LogP contribution in [0, 0.1) is 11.6 Å².